The summed E-state index contributed by atoms with van der Waals surface area (Å²) in [4.78, 5) is 4.08. The number of halogens is 3. The molecule has 9 heteroatoms. The molecule has 1 aromatic carbocycles. The van der Waals surface area contributed by atoms with Crippen LogP contribution in [0.2, 0.25) is 0 Å². The third kappa shape index (κ3) is 6.62. The number of pyridine rings is 1. The number of aromatic nitrogens is 1. The fourth-order valence-corrected chi connectivity index (χ4v) is 2.57. The third-order valence-electron chi connectivity index (χ3n) is 3.90. The first kappa shape index (κ1) is 22.5. The smallest absolute Gasteiger partial charge is 0.417 e. The van der Waals surface area contributed by atoms with E-state index in [0.29, 0.717) is 17.7 Å². The highest BCUT2D eigenvalue weighted by atomic mass is 19.4. The SMILES string of the molecule is CCCC(Oc1ccc(C#N)c(C(F)(F)F)c1)c1cncc(OCOCCO)c1. The van der Waals surface area contributed by atoms with Crippen LogP contribution < -0.4 is 9.47 Å². The minimum absolute atomic E-state index is 0.00683. The minimum atomic E-state index is -4.66. The molecule has 2 aromatic rings. The zero-order valence-corrected chi connectivity index (χ0v) is 15.8. The average Bonchev–Trinajstić information content (AvgIpc) is 2.70. The van der Waals surface area contributed by atoms with Gasteiger partial charge in [-0.1, -0.05) is 13.3 Å². The molecule has 2 rings (SSSR count). The van der Waals surface area contributed by atoms with Crippen molar-refractivity contribution in [3.63, 3.8) is 0 Å². The summed E-state index contributed by atoms with van der Waals surface area (Å²) in [6.45, 7) is 1.86. The molecule has 156 valence electrons. The Morgan fingerprint density at radius 1 is 1.21 bits per heavy atom. The second-order valence-electron chi connectivity index (χ2n) is 6.06. The summed E-state index contributed by atoms with van der Waals surface area (Å²) >= 11 is 0. The summed E-state index contributed by atoms with van der Waals surface area (Å²) < 4.78 is 55.8. The minimum Gasteiger partial charge on any atom is -0.486 e. The number of nitrogens with zero attached hydrogens (tertiary/aromatic N) is 2. The van der Waals surface area contributed by atoms with Crippen LogP contribution in [0.3, 0.4) is 0 Å². The van der Waals surface area contributed by atoms with E-state index < -0.39 is 23.4 Å². The van der Waals surface area contributed by atoms with Gasteiger partial charge in [0, 0.05) is 11.8 Å². The largest absolute Gasteiger partial charge is 0.486 e. The van der Waals surface area contributed by atoms with E-state index in [-0.39, 0.29) is 25.8 Å². The molecule has 0 bridgehead atoms. The van der Waals surface area contributed by atoms with Gasteiger partial charge in [-0.3, -0.25) is 4.98 Å². The Kier molecular flexibility index (Phi) is 8.24. The number of rotatable bonds is 10. The van der Waals surface area contributed by atoms with E-state index in [2.05, 4.69) is 4.98 Å². The number of hydrogen-bond donors (Lipinski definition) is 1. The molecule has 29 heavy (non-hydrogen) atoms. The zero-order chi connectivity index (χ0) is 21.3. The lowest BCUT2D eigenvalue weighted by molar-refractivity contribution is -0.137. The van der Waals surface area contributed by atoms with Crippen LogP contribution in [0.1, 0.15) is 42.6 Å². The second kappa shape index (κ2) is 10.6. The third-order valence-corrected chi connectivity index (χ3v) is 3.90. The van der Waals surface area contributed by atoms with Crippen LogP contribution in [0.15, 0.2) is 36.7 Å². The Morgan fingerprint density at radius 2 is 2.00 bits per heavy atom. The van der Waals surface area contributed by atoms with Crippen LogP contribution in [-0.4, -0.2) is 30.1 Å². The van der Waals surface area contributed by atoms with Crippen LogP contribution in [0, 0.1) is 11.3 Å². The number of hydrogen-bond acceptors (Lipinski definition) is 6. The first-order chi connectivity index (χ1) is 13.9. The van der Waals surface area contributed by atoms with Crippen LogP contribution in [-0.2, 0) is 10.9 Å². The summed E-state index contributed by atoms with van der Waals surface area (Å²) in [5, 5.41) is 17.6. The number of alkyl halides is 3. The molecule has 1 unspecified atom stereocenters. The Balaban J connectivity index is 2.21. The van der Waals surface area contributed by atoms with E-state index in [1.165, 1.54) is 12.3 Å². The lowest BCUT2D eigenvalue weighted by Gasteiger charge is -2.20. The van der Waals surface area contributed by atoms with Gasteiger partial charge in [-0.05, 0) is 30.7 Å². The van der Waals surface area contributed by atoms with Crippen LogP contribution in [0.25, 0.3) is 0 Å². The van der Waals surface area contributed by atoms with E-state index >= 15 is 0 Å². The standard InChI is InChI=1S/C20H21F3N2O4/c1-2-3-19(15-8-17(12-25-11-15)28-13-27-7-6-26)29-16-5-4-14(10-24)18(9-16)20(21,22)23/h4-5,8-9,11-12,19,26H,2-3,6-7,13H2,1H3. The number of aliphatic hydroxyl groups is 1. The van der Waals surface area contributed by atoms with Gasteiger partial charge in [-0.25, -0.2) is 0 Å². The van der Waals surface area contributed by atoms with Crippen molar-refractivity contribution in [3.8, 4) is 17.6 Å². The van der Waals surface area contributed by atoms with Crippen LogP contribution >= 0.6 is 0 Å². The molecule has 6 nitrogen and oxygen atoms in total. The molecule has 1 heterocycles. The molecule has 0 radical (unpaired) electrons. The molecule has 0 aliphatic rings. The van der Waals surface area contributed by atoms with Crippen molar-refractivity contribution in [1.82, 2.24) is 4.98 Å². The van der Waals surface area contributed by atoms with Crippen molar-refractivity contribution >= 4 is 0 Å². The van der Waals surface area contributed by atoms with Gasteiger partial charge in [0.15, 0.2) is 6.79 Å². The topological polar surface area (TPSA) is 84.6 Å². The molecular weight excluding hydrogens is 389 g/mol. The maximum Gasteiger partial charge on any atom is 0.417 e. The normalized spacial score (nSPS) is 12.3. The van der Waals surface area contributed by atoms with Gasteiger partial charge in [0.1, 0.15) is 17.6 Å². The highest BCUT2D eigenvalue weighted by molar-refractivity contribution is 5.44. The van der Waals surface area contributed by atoms with Crippen molar-refractivity contribution < 1.29 is 32.5 Å². The van der Waals surface area contributed by atoms with Crippen molar-refractivity contribution in [2.24, 2.45) is 0 Å². The van der Waals surface area contributed by atoms with E-state index in [4.69, 9.17) is 24.6 Å². The first-order valence-electron chi connectivity index (χ1n) is 8.93. The summed E-state index contributed by atoms with van der Waals surface area (Å²) in [5.41, 5.74) is -0.870. The van der Waals surface area contributed by atoms with Crippen molar-refractivity contribution in [3.05, 3.63) is 53.3 Å². The van der Waals surface area contributed by atoms with Gasteiger partial charge in [-0.2, -0.15) is 18.4 Å². The van der Waals surface area contributed by atoms with Crippen LogP contribution in [0.5, 0.6) is 11.5 Å². The first-order valence-corrected chi connectivity index (χ1v) is 8.93. The molecular formula is C20H21F3N2O4. The van der Waals surface area contributed by atoms with E-state index in [1.54, 1.807) is 18.3 Å². The molecule has 0 saturated heterocycles. The van der Waals surface area contributed by atoms with Gasteiger partial charge in [0.25, 0.3) is 0 Å². The van der Waals surface area contributed by atoms with Crippen molar-refractivity contribution in [2.75, 3.05) is 20.0 Å². The molecule has 0 aliphatic carbocycles. The van der Waals surface area contributed by atoms with Crippen molar-refractivity contribution in [2.45, 2.75) is 32.0 Å². The number of nitriles is 1. The van der Waals surface area contributed by atoms with Gasteiger partial charge >= 0.3 is 6.18 Å². The predicted octanol–water partition coefficient (Wildman–Crippen LogP) is 4.24. The summed E-state index contributed by atoms with van der Waals surface area (Å²) in [5.74, 6) is 0.410. The second-order valence-corrected chi connectivity index (χ2v) is 6.06. The molecule has 0 aliphatic heterocycles. The summed E-state index contributed by atoms with van der Waals surface area (Å²) in [7, 11) is 0. The maximum absolute atomic E-state index is 13.2. The molecule has 0 fully saturated rings. The van der Waals surface area contributed by atoms with E-state index in [1.807, 2.05) is 6.92 Å². The van der Waals surface area contributed by atoms with Gasteiger partial charge in [-0.15, -0.1) is 0 Å². The molecule has 1 N–H and O–H groups in total. The number of benzene rings is 1. The van der Waals surface area contributed by atoms with E-state index in [9.17, 15) is 13.2 Å². The monoisotopic (exact) mass is 410 g/mol. The van der Waals surface area contributed by atoms with Crippen LogP contribution in [0.4, 0.5) is 13.2 Å². The molecule has 1 atom stereocenters. The highest BCUT2D eigenvalue weighted by Crippen LogP contribution is 2.36. The maximum atomic E-state index is 13.2. The van der Waals surface area contributed by atoms with Gasteiger partial charge in [0.2, 0.25) is 0 Å². The van der Waals surface area contributed by atoms with E-state index in [0.717, 1.165) is 18.6 Å². The molecule has 1 aromatic heterocycles. The number of ether oxygens (including phenoxy) is 3. The quantitative estimate of drug-likeness (QED) is 0.466. The Hall–Kier alpha value is -2.83. The highest BCUT2D eigenvalue weighted by Gasteiger charge is 2.34. The Labute approximate surface area is 166 Å². The Bertz CT molecular complexity index is 837. The van der Waals surface area contributed by atoms with Crippen molar-refractivity contribution in [1.29, 1.82) is 5.26 Å². The van der Waals surface area contributed by atoms with Gasteiger partial charge < -0.3 is 19.3 Å². The summed E-state index contributed by atoms with van der Waals surface area (Å²) in [6, 6.07) is 6.48. The fourth-order valence-electron chi connectivity index (χ4n) is 2.57. The summed E-state index contributed by atoms with van der Waals surface area (Å²) in [6.07, 6.45) is -0.933. The fraction of sp³-hybridized carbons (Fsp3) is 0.400. The molecule has 0 saturated carbocycles. The average molecular weight is 410 g/mol. The predicted molar refractivity (Wildman–Crippen MR) is 97.2 cm³/mol. The van der Waals surface area contributed by atoms with Gasteiger partial charge in [0.05, 0.1) is 36.6 Å². The number of aliphatic hydroxyl groups excluding tert-OH is 1. The lowest BCUT2D eigenvalue weighted by Crippen LogP contribution is -2.12. The zero-order valence-electron chi connectivity index (χ0n) is 15.8. The molecule has 0 amide bonds. The molecule has 0 spiro atoms. The lowest BCUT2D eigenvalue weighted by atomic mass is 10.1. The Morgan fingerprint density at radius 3 is 2.66 bits per heavy atom.